The normalized spacial score (nSPS) is 14.5. The van der Waals surface area contributed by atoms with Crippen LogP contribution in [0.25, 0.3) is 0 Å². The number of aliphatic imine (C=N–C) groups is 1. The molecule has 6 heteroatoms. The minimum absolute atomic E-state index is 0.176. The third-order valence-electron chi connectivity index (χ3n) is 5.36. The maximum Gasteiger partial charge on any atom is 0.265 e. The third kappa shape index (κ3) is 3.70. The Morgan fingerprint density at radius 1 is 0.781 bits per heavy atom. The highest BCUT2D eigenvalue weighted by Gasteiger charge is 2.32. The van der Waals surface area contributed by atoms with Gasteiger partial charge in [-0.3, -0.25) is 4.31 Å². The smallest absolute Gasteiger partial charge is 0.260 e. The second kappa shape index (κ2) is 8.26. The Labute approximate surface area is 192 Å². The number of anilines is 1. The van der Waals surface area contributed by atoms with Crippen molar-refractivity contribution >= 4 is 38.7 Å². The summed E-state index contributed by atoms with van der Waals surface area (Å²) in [5.74, 6) is 0. The van der Waals surface area contributed by atoms with Gasteiger partial charge in [-0.2, -0.15) is 0 Å². The van der Waals surface area contributed by atoms with E-state index in [2.05, 4.69) is 0 Å². The summed E-state index contributed by atoms with van der Waals surface area (Å²) in [6.07, 6.45) is 0. The number of hydrogen-bond donors (Lipinski definition) is 0. The highest BCUT2D eigenvalue weighted by Crippen LogP contribution is 2.39. The van der Waals surface area contributed by atoms with Gasteiger partial charge in [-0.05, 0) is 35.9 Å². The first-order valence-electron chi connectivity index (χ1n) is 10.1. The van der Waals surface area contributed by atoms with E-state index in [1.807, 2.05) is 78.9 Å². The fourth-order valence-corrected chi connectivity index (χ4v) is 5.66. The van der Waals surface area contributed by atoms with Crippen LogP contribution in [0.3, 0.4) is 0 Å². The van der Waals surface area contributed by atoms with Gasteiger partial charge >= 0.3 is 0 Å². The SMILES string of the molecule is O=S1(=O)c2ccc(Cl)cc2C(c2ccccc2)=Nc2ccccc2N1Cc1ccccc1. The van der Waals surface area contributed by atoms with Crippen LogP contribution in [-0.2, 0) is 16.6 Å². The van der Waals surface area contributed by atoms with Crippen molar-refractivity contribution in [3.63, 3.8) is 0 Å². The summed E-state index contributed by atoms with van der Waals surface area (Å²) in [5.41, 5.74) is 3.86. The van der Waals surface area contributed by atoms with E-state index in [-0.39, 0.29) is 11.4 Å². The molecule has 0 amide bonds. The van der Waals surface area contributed by atoms with Crippen LogP contribution in [0.1, 0.15) is 16.7 Å². The van der Waals surface area contributed by atoms with E-state index < -0.39 is 10.0 Å². The summed E-state index contributed by atoms with van der Waals surface area (Å²) in [4.78, 5) is 5.14. The number of nitrogens with zero attached hydrogens (tertiary/aromatic N) is 2. The zero-order valence-electron chi connectivity index (χ0n) is 17.0. The van der Waals surface area contributed by atoms with E-state index in [1.165, 1.54) is 4.31 Å². The van der Waals surface area contributed by atoms with Crippen molar-refractivity contribution in [2.45, 2.75) is 11.4 Å². The Hall–Kier alpha value is -3.41. The van der Waals surface area contributed by atoms with E-state index in [0.29, 0.717) is 27.7 Å². The van der Waals surface area contributed by atoms with Gasteiger partial charge in [0.15, 0.2) is 0 Å². The second-order valence-electron chi connectivity index (χ2n) is 7.45. The lowest BCUT2D eigenvalue weighted by atomic mass is 10.0. The molecule has 0 saturated heterocycles. The molecule has 4 aromatic rings. The standard InChI is InChI=1S/C26H19ClN2O2S/c27-21-15-16-25-22(17-21)26(20-11-5-2-6-12-20)28-23-13-7-8-14-24(23)29(32(25,30)31)18-19-9-3-1-4-10-19/h1-17H,18H2. The number of hydrogen-bond acceptors (Lipinski definition) is 3. The number of halogens is 1. The molecule has 0 bridgehead atoms. The quantitative estimate of drug-likeness (QED) is 0.366. The first kappa shape index (κ1) is 20.5. The van der Waals surface area contributed by atoms with E-state index >= 15 is 0 Å². The van der Waals surface area contributed by atoms with Crippen molar-refractivity contribution < 1.29 is 8.42 Å². The second-order valence-corrected chi connectivity index (χ2v) is 9.72. The molecule has 0 unspecified atom stereocenters. The lowest BCUT2D eigenvalue weighted by Gasteiger charge is -2.29. The van der Waals surface area contributed by atoms with Crippen molar-refractivity contribution in [3.05, 3.63) is 125 Å². The molecule has 0 radical (unpaired) electrons. The molecule has 32 heavy (non-hydrogen) atoms. The van der Waals surface area contributed by atoms with Crippen molar-refractivity contribution in [3.8, 4) is 0 Å². The highest BCUT2D eigenvalue weighted by atomic mass is 35.5. The minimum atomic E-state index is -3.92. The number of sulfonamides is 1. The van der Waals surface area contributed by atoms with Gasteiger partial charge in [0.05, 0.1) is 28.5 Å². The van der Waals surface area contributed by atoms with Crippen LogP contribution in [0, 0.1) is 0 Å². The predicted molar refractivity (Wildman–Crippen MR) is 129 cm³/mol. The van der Waals surface area contributed by atoms with Gasteiger partial charge in [0, 0.05) is 16.1 Å². The van der Waals surface area contributed by atoms with Crippen molar-refractivity contribution in [2.24, 2.45) is 4.99 Å². The number of para-hydroxylation sites is 2. The molecule has 0 aromatic heterocycles. The summed E-state index contributed by atoms with van der Waals surface area (Å²) in [7, 11) is -3.92. The number of benzene rings is 4. The molecule has 1 heterocycles. The van der Waals surface area contributed by atoms with Gasteiger partial charge in [0.1, 0.15) is 0 Å². The Balaban J connectivity index is 1.83. The average molecular weight is 459 g/mol. The zero-order chi connectivity index (χ0) is 22.1. The van der Waals surface area contributed by atoms with Crippen LogP contribution >= 0.6 is 11.6 Å². The molecule has 4 aromatic carbocycles. The lowest BCUT2D eigenvalue weighted by molar-refractivity contribution is 0.590. The molecule has 1 aliphatic heterocycles. The van der Waals surface area contributed by atoms with Gasteiger partial charge in [0.25, 0.3) is 10.0 Å². The Bertz CT molecular complexity index is 1420. The number of rotatable bonds is 3. The summed E-state index contributed by atoms with van der Waals surface area (Å²) in [6, 6.07) is 31.3. The molecule has 158 valence electrons. The topological polar surface area (TPSA) is 49.7 Å². The first-order valence-corrected chi connectivity index (χ1v) is 12.0. The lowest BCUT2D eigenvalue weighted by Crippen LogP contribution is -2.33. The molecular weight excluding hydrogens is 440 g/mol. The van der Waals surface area contributed by atoms with Gasteiger partial charge in [-0.25, -0.2) is 13.4 Å². The Morgan fingerprint density at radius 2 is 1.44 bits per heavy atom. The molecule has 0 N–H and O–H groups in total. The molecule has 4 nitrogen and oxygen atoms in total. The average Bonchev–Trinajstić information content (AvgIpc) is 2.82. The van der Waals surface area contributed by atoms with Gasteiger partial charge in [-0.15, -0.1) is 0 Å². The van der Waals surface area contributed by atoms with Gasteiger partial charge < -0.3 is 0 Å². The largest absolute Gasteiger partial charge is 0.265 e. The molecule has 0 aliphatic carbocycles. The van der Waals surface area contributed by atoms with Crippen LogP contribution < -0.4 is 4.31 Å². The Kier molecular flexibility index (Phi) is 5.29. The number of fused-ring (bicyclic) bond motifs is 2. The minimum Gasteiger partial charge on any atom is -0.260 e. The van der Waals surface area contributed by atoms with Crippen LogP contribution in [0.5, 0.6) is 0 Å². The van der Waals surface area contributed by atoms with E-state index in [9.17, 15) is 8.42 Å². The third-order valence-corrected chi connectivity index (χ3v) is 7.42. The van der Waals surface area contributed by atoms with Crippen LogP contribution in [0.4, 0.5) is 11.4 Å². The van der Waals surface area contributed by atoms with Crippen LogP contribution in [0.2, 0.25) is 5.02 Å². The highest BCUT2D eigenvalue weighted by molar-refractivity contribution is 7.93. The first-order chi connectivity index (χ1) is 15.5. The predicted octanol–water partition coefficient (Wildman–Crippen LogP) is 6.22. The van der Waals surface area contributed by atoms with E-state index in [1.54, 1.807) is 24.3 Å². The fraction of sp³-hybridized carbons (Fsp3) is 0.0385. The maximum atomic E-state index is 14.1. The van der Waals surface area contributed by atoms with E-state index in [4.69, 9.17) is 16.6 Å². The fourth-order valence-electron chi connectivity index (χ4n) is 3.85. The molecule has 0 fully saturated rings. The van der Waals surface area contributed by atoms with Crippen LogP contribution in [-0.4, -0.2) is 14.1 Å². The molecule has 1 aliphatic rings. The molecule has 5 rings (SSSR count). The summed E-state index contributed by atoms with van der Waals surface area (Å²) in [5, 5.41) is 0.450. The van der Waals surface area contributed by atoms with Crippen molar-refractivity contribution in [1.29, 1.82) is 0 Å². The van der Waals surface area contributed by atoms with Gasteiger partial charge in [0.2, 0.25) is 0 Å². The Morgan fingerprint density at radius 3 is 2.19 bits per heavy atom. The molecular formula is C26H19ClN2O2S. The summed E-state index contributed by atoms with van der Waals surface area (Å²) >= 11 is 6.32. The summed E-state index contributed by atoms with van der Waals surface area (Å²) in [6.45, 7) is 0.193. The molecule has 0 atom stereocenters. The zero-order valence-corrected chi connectivity index (χ0v) is 18.6. The van der Waals surface area contributed by atoms with Crippen molar-refractivity contribution in [2.75, 3.05) is 4.31 Å². The molecule has 0 saturated carbocycles. The maximum absolute atomic E-state index is 14.1. The summed E-state index contributed by atoms with van der Waals surface area (Å²) < 4.78 is 29.5. The van der Waals surface area contributed by atoms with E-state index in [0.717, 1.165) is 11.1 Å². The monoisotopic (exact) mass is 458 g/mol. The van der Waals surface area contributed by atoms with Gasteiger partial charge in [-0.1, -0.05) is 84.4 Å². The van der Waals surface area contributed by atoms with Crippen LogP contribution in [0.15, 0.2) is 113 Å². The van der Waals surface area contributed by atoms with Crippen molar-refractivity contribution in [1.82, 2.24) is 0 Å². The molecule has 0 spiro atoms.